The molecular formula is C15H27N3O3. The number of hydrogen-bond acceptors (Lipinski definition) is 4. The van der Waals surface area contributed by atoms with E-state index in [1.807, 2.05) is 0 Å². The van der Waals surface area contributed by atoms with E-state index < -0.39 is 5.54 Å². The van der Waals surface area contributed by atoms with Crippen LogP contribution in [0.3, 0.4) is 0 Å². The van der Waals surface area contributed by atoms with Gasteiger partial charge in [0.15, 0.2) is 0 Å². The van der Waals surface area contributed by atoms with Crippen molar-refractivity contribution in [1.29, 1.82) is 0 Å². The van der Waals surface area contributed by atoms with Gasteiger partial charge in [-0.1, -0.05) is 0 Å². The van der Waals surface area contributed by atoms with E-state index in [2.05, 4.69) is 17.3 Å². The molecule has 0 radical (unpaired) electrons. The number of nitrogens with zero attached hydrogens (tertiary/aromatic N) is 2. The van der Waals surface area contributed by atoms with Gasteiger partial charge in [0.05, 0.1) is 6.10 Å². The Balaban J connectivity index is 1.69. The van der Waals surface area contributed by atoms with Crippen molar-refractivity contribution in [2.75, 3.05) is 33.3 Å². The lowest BCUT2D eigenvalue weighted by Gasteiger charge is -2.27. The van der Waals surface area contributed by atoms with Crippen LogP contribution in [-0.2, 0) is 9.53 Å². The van der Waals surface area contributed by atoms with E-state index in [1.54, 1.807) is 13.8 Å². The van der Waals surface area contributed by atoms with E-state index in [9.17, 15) is 9.59 Å². The standard InChI is InChI=1S/C15H27N3O3/c1-15(2)13(19)18(14(20)16-15)9-6-8-17(3)11-12-7-4-5-10-21-12/h12H,4-11H2,1-3H3,(H,16,20). The Labute approximate surface area is 126 Å². The molecule has 0 aromatic carbocycles. The second-order valence-electron chi connectivity index (χ2n) is 6.62. The molecular weight excluding hydrogens is 270 g/mol. The normalized spacial score (nSPS) is 25.5. The maximum absolute atomic E-state index is 12.0. The highest BCUT2D eigenvalue weighted by molar-refractivity contribution is 6.06. The summed E-state index contributed by atoms with van der Waals surface area (Å²) in [5.74, 6) is -0.134. The second-order valence-corrected chi connectivity index (χ2v) is 6.62. The summed E-state index contributed by atoms with van der Waals surface area (Å²) in [4.78, 5) is 27.3. The molecule has 1 N–H and O–H groups in total. The molecule has 21 heavy (non-hydrogen) atoms. The summed E-state index contributed by atoms with van der Waals surface area (Å²) in [6, 6.07) is -0.275. The maximum Gasteiger partial charge on any atom is 0.325 e. The molecule has 3 amide bonds. The number of ether oxygens (including phenoxy) is 1. The van der Waals surface area contributed by atoms with E-state index in [0.29, 0.717) is 12.6 Å². The molecule has 0 bridgehead atoms. The smallest absolute Gasteiger partial charge is 0.325 e. The maximum atomic E-state index is 12.0. The van der Waals surface area contributed by atoms with E-state index in [4.69, 9.17) is 4.74 Å². The van der Waals surface area contributed by atoms with Crippen LogP contribution in [0.1, 0.15) is 39.5 Å². The Kier molecular flexibility index (Phi) is 5.22. The summed E-state index contributed by atoms with van der Waals surface area (Å²) < 4.78 is 5.72. The molecule has 2 fully saturated rings. The molecule has 0 saturated carbocycles. The molecule has 1 atom stereocenters. The molecule has 1 unspecified atom stereocenters. The van der Waals surface area contributed by atoms with Crippen molar-refractivity contribution < 1.29 is 14.3 Å². The molecule has 6 heteroatoms. The van der Waals surface area contributed by atoms with E-state index in [-0.39, 0.29) is 11.9 Å². The summed E-state index contributed by atoms with van der Waals surface area (Å²) in [5, 5.41) is 2.70. The van der Waals surface area contributed by atoms with Crippen LogP contribution in [0.15, 0.2) is 0 Å². The number of nitrogens with one attached hydrogen (secondary N) is 1. The van der Waals surface area contributed by atoms with Crippen molar-refractivity contribution in [3.8, 4) is 0 Å². The van der Waals surface area contributed by atoms with Crippen LogP contribution >= 0.6 is 0 Å². The lowest BCUT2D eigenvalue weighted by molar-refractivity contribution is -0.130. The Morgan fingerprint density at radius 1 is 1.38 bits per heavy atom. The van der Waals surface area contributed by atoms with Gasteiger partial charge in [-0.25, -0.2) is 4.79 Å². The zero-order chi connectivity index (χ0) is 15.5. The molecule has 2 rings (SSSR count). The number of imide groups is 1. The van der Waals surface area contributed by atoms with Gasteiger partial charge < -0.3 is 15.0 Å². The Morgan fingerprint density at radius 3 is 2.71 bits per heavy atom. The minimum absolute atomic E-state index is 0.134. The minimum Gasteiger partial charge on any atom is -0.377 e. The van der Waals surface area contributed by atoms with Gasteiger partial charge in [0, 0.05) is 19.7 Å². The average molecular weight is 297 g/mol. The number of carbonyl (C=O) groups is 2. The van der Waals surface area contributed by atoms with Gasteiger partial charge >= 0.3 is 6.03 Å². The molecule has 0 aliphatic carbocycles. The third kappa shape index (κ3) is 4.17. The predicted octanol–water partition coefficient (Wildman–Crippen LogP) is 1.21. The monoisotopic (exact) mass is 297 g/mol. The van der Waals surface area contributed by atoms with Crippen molar-refractivity contribution in [3.05, 3.63) is 0 Å². The second kappa shape index (κ2) is 6.75. The van der Waals surface area contributed by atoms with Crippen LogP contribution in [0.25, 0.3) is 0 Å². The van der Waals surface area contributed by atoms with Gasteiger partial charge in [-0.05, 0) is 53.1 Å². The summed E-state index contributed by atoms with van der Waals surface area (Å²) >= 11 is 0. The molecule has 120 valence electrons. The van der Waals surface area contributed by atoms with Crippen molar-refractivity contribution >= 4 is 11.9 Å². The molecule has 2 aliphatic heterocycles. The van der Waals surface area contributed by atoms with E-state index in [1.165, 1.54) is 17.7 Å². The average Bonchev–Trinajstić information content (AvgIpc) is 2.61. The van der Waals surface area contributed by atoms with Gasteiger partial charge in [0.1, 0.15) is 5.54 Å². The summed E-state index contributed by atoms with van der Waals surface area (Å²) in [5.41, 5.74) is -0.765. The van der Waals surface area contributed by atoms with Crippen LogP contribution in [0.5, 0.6) is 0 Å². The SMILES string of the molecule is CN(CCCN1C(=O)NC(C)(C)C1=O)CC1CCCCO1. The van der Waals surface area contributed by atoms with Crippen molar-refractivity contribution in [2.24, 2.45) is 0 Å². The first-order valence-electron chi connectivity index (χ1n) is 7.84. The highest BCUT2D eigenvalue weighted by Gasteiger charge is 2.43. The van der Waals surface area contributed by atoms with Crippen molar-refractivity contribution in [2.45, 2.75) is 51.2 Å². The third-order valence-corrected chi connectivity index (χ3v) is 4.16. The van der Waals surface area contributed by atoms with Crippen LogP contribution in [0.4, 0.5) is 4.79 Å². The van der Waals surface area contributed by atoms with Gasteiger partial charge in [0.2, 0.25) is 0 Å². The van der Waals surface area contributed by atoms with Crippen molar-refractivity contribution in [3.63, 3.8) is 0 Å². The van der Waals surface area contributed by atoms with Gasteiger partial charge in [-0.15, -0.1) is 0 Å². The van der Waals surface area contributed by atoms with Crippen LogP contribution in [0.2, 0.25) is 0 Å². The van der Waals surface area contributed by atoms with Gasteiger partial charge in [-0.2, -0.15) is 0 Å². The minimum atomic E-state index is -0.765. The fourth-order valence-electron chi connectivity index (χ4n) is 2.91. The zero-order valence-corrected chi connectivity index (χ0v) is 13.4. The molecule has 6 nitrogen and oxygen atoms in total. The summed E-state index contributed by atoms with van der Waals surface area (Å²) in [6.07, 6.45) is 4.67. The van der Waals surface area contributed by atoms with Crippen LogP contribution in [0, 0.1) is 0 Å². The highest BCUT2D eigenvalue weighted by Crippen LogP contribution is 2.17. The zero-order valence-electron chi connectivity index (χ0n) is 13.4. The van der Waals surface area contributed by atoms with Crippen LogP contribution in [-0.4, -0.2) is 66.7 Å². The van der Waals surface area contributed by atoms with E-state index >= 15 is 0 Å². The fourth-order valence-corrected chi connectivity index (χ4v) is 2.91. The molecule has 0 aromatic heterocycles. The lowest BCUT2D eigenvalue weighted by atomic mass is 10.1. The van der Waals surface area contributed by atoms with Gasteiger partial charge in [-0.3, -0.25) is 9.69 Å². The topological polar surface area (TPSA) is 61.9 Å². The number of hydrogen-bond donors (Lipinski definition) is 1. The van der Waals surface area contributed by atoms with Crippen molar-refractivity contribution in [1.82, 2.24) is 15.1 Å². The Bertz CT molecular complexity index is 392. The number of amides is 3. The Hall–Kier alpha value is -1.14. The fraction of sp³-hybridized carbons (Fsp3) is 0.867. The van der Waals surface area contributed by atoms with Crippen LogP contribution < -0.4 is 5.32 Å². The quantitative estimate of drug-likeness (QED) is 0.749. The summed E-state index contributed by atoms with van der Waals surface area (Å²) in [7, 11) is 2.06. The Morgan fingerprint density at radius 2 is 2.14 bits per heavy atom. The third-order valence-electron chi connectivity index (χ3n) is 4.16. The highest BCUT2D eigenvalue weighted by atomic mass is 16.5. The lowest BCUT2D eigenvalue weighted by Crippen LogP contribution is -2.40. The number of likely N-dealkylation sites (N-methyl/N-ethyl adjacent to an activating group) is 1. The first kappa shape index (κ1) is 16.2. The molecule has 0 spiro atoms. The largest absolute Gasteiger partial charge is 0.377 e. The summed E-state index contributed by atoms with van der Waals surface area (Å²) in [6.45, 7) is 6.60. The van der Waals surface area contributed by atoms with E-state index in [0.717, 1.165) is 32.5 Å². The molecule has 2 heterocycles. The first-order chi connectivity index (χ1) is 9.90. The predicted molar refractivity (Wildman–Crippen MR) is 80.0 cm³/mol. The molecule has 0 aromatic rings. The number of carbonyl (C=O) groups excluding carboxylic acids is 2. The number of rotatable bonds is 6. The number of urea groups is 1. The first-order valence-corrected chi connectivity index (χ1v) is 7.84. The van der Waals surface area contributed by atoms with Gasteiger partial charge in [0.25, 0.3) is 5.91 Å². The molecule has 2 aliphatic rings. The molecule has 2 saturated heterocycles.